The molecule has 12 heteroatoms. The van der Waals surface area contributed by atoms with Crippen molar-refractivity contribution in [2.45, 2.75) is 42.7 Å². The van der Waals surface area contributed by atoms with E-state index >= 15 is 0 Å². The number of ether oxygens (including phenoxy) is 1. The Balaban J connectivity index is 1.53. The average Bonchev–Trinajstić information content (AvgIpc) is 3.43. The molecule has 0 unspecified atom stereocenters. The molecule has 0 spiro atoms. The third kappa shape index (κ3) is 3.71. The molecule has 2 aliphatic heterocycles. The van der Waals surface area contributed by atoms with Crippen molar-refractivity contribution < 1.29 is 22.7 Å². The van der Waals surface area contributed by atoms with Gasteiger partial charge in [0.15, 0.2) is 5.82 Å². The summed E-state index contributed by atoms with van der Waals surface area (Å²) in [5.74, 6) is -0.483. The number of benzene rings is 1. The Labute approximate surface area is 193 Å². The summed E-state index contributed by atoms with van der Waals surface area (Å²) in [6.45, 7) is 3.39. The van der Waals surface area contributed by atoms with Gasteiger partial charge in [0.1, 0.15) is 11.5 Å². The number of sulfonamides is 1. The molecule has 3 aromatic rings. The van der Waals surface area contributed by atoms with Crippen LogP contribution in [0.3, 0.4) is 0 Å². The Morgan fingerprint density at radius 1 is 1.27 bits per heavy atom. The van der Waals surface area contributed by atoms with E-state index in [0.717, 1.165) is 11.1 Å². The number of aliphatic hydroxyl groups is 1. The number of thiazole rings is 1. The first-order chi connectivity index (χ1) is 15.6. The highest BCUT2D eigenvalue weighted by atomic mass is 32.2. The maximum absolute atomic E-state index is 14.9. The smallest absolute Gasteiger partial charge is 0.241 e. The van der Waals surface area contributed by atoms with Gasteiger partial charge in [-0.05, 0) is 31.5 Å². The molecule has 3 aliphatic rings. The molecular weight excluding hydrogens is 469 g/mol. The van der Waals surface area contributed by atoms with Gasteiger partial charge in [0, 0.05) is 24.6 Å². The second kappa shape index (κ2) is 7.50. The lowest BCUT2D eigenvalue weighted by Gasteiger charge is -2.43. The fraction of sp³-hybridized carbons (Fsp3) is 0.381. The molecule has 0 atom stereocenters. The van der Waals surface area contributed by atoms with Crippen molar-refractivity contribution in [2.75, 3.05) is 18.9 Å². The third-order valence-electron chi connectivity index (χ3n) is 6.17. The Morgan fingerprint density at radius 3 is 2.67 bits per heavy atom. The number of aromatic nitrogens is 3. The Morgan fingerprint density at radius 2 is 2.03 bits per heavy atom. The number of nitrogen functional groups attached to an aromatic ring is 1. The van der Waals surface area contributed by atoms with Gasteiger partial charge >= 0.3 is 0 Å². The fourth-order valence-corrected chi connectivity index (χ4v) is 6.73. The predicted octanol–water partition coefficient (Wildman–Crippen LogP) is 2.18. The summed E-state index contributed by atoms with van der Waals surface area (Å²) < 4.78 is 49.4. The lowest BCUT2D eigenvalue weighted by Crippen LogP contribution is -2.60. The van der Waals surface area contributed by atoms with E-state index in [9.17, 15) is 17.9 Å². The normalized spacial score (nSPS) is 24.1. The summed E-state index contributed by atoms with van der Waals surface area (Å²) in [6.07, 6.45) is 3.77. The van der Waals surface area contributed by atoms with E-state index in [0.29, 0.717) is 34.7 Å². The van der Waals surface area contributed by atoms with Crippen molar-refractivity contribution in [1.29, 1.82) is 0 Å². The monoisotopic (exact) mass is 491 g/mol. The molecule has 9 nitrogen and oxygen atoms in total. The highest BCUT2D eigenvalue weighted by molar-refractivity contribution is 7.89. The number of hydrogen-bond donors (Lipinski definition) is 3. The molecule has 2 saturated heterocycles. The van der Waals surface area contributed by atoms with E-state index in [1.54, 1.807) is 13.1 Å². The molecule has 3 fully saturated rings. The number of nitrogens with zero attached hydrogens (tertiary/aromatic N) is 3. The molecule has 2 bridgehead atoms. The van der Waals surface area contributed by atoms with Gasteiger partial charge in [0.2, 0.25) is 10.0 Å². The molecule has 4 heterocycles. The van der Waals surface area contributed by atoms with Gasteiger partial charge in [-0.15, -0.1) is 11.3 Å². The Bertz CT molecular complexity index is 1370. The molecule has 0 amide bonds. The quantitative estimate of drug-likeness (QED) is 0.477. The first-order valence-corrected chi connectivity index (χ1v) is 12.5. The SMILES string of the molecule is Cc1ncc(-c2nc(-c3cc(S(=O)(=O)NC45COC(CO)(C4)C5)cc(F)c3C)cnc2N)s1. The number of nitrogens with one attached hydrogen (secondary N) is 1. The van der Waals surface area contributed by atoms with E-state index in [1.165, 1.54) is 23.6 Å². The number of nitrogens with two attached hydrogens (primary N) is 1. The summed E-state index contributed by atoms with van der Waals surface area (Å²) in [5.41, 5.74) is 5.77. The molecular formula is C21H22FN5O4S2. The van der Waals surface area contributed by atoms with Crippen molar-refractivity contribution in [1.82, 2.24) is 19.7 Å². The largest absolute Gasteiger partial charge is 0.393 e. The van der Waals surface area contributed by atoms with E-state index in [4.69, 9.17) is 10.5 Å². The van der Waals surface area contributed by atoms with Crippen LogP contribution in [-0.2, 0) is 14.8 Å². The summed E-state index contributed by atoms with van der Waals surface area (Å²) in [7, 11) is -4.07. The van der Waals surface area contributed by atoms with Crippen molar-refractivity contribution in [3.05, 3.63) is 40.9 Å². The van der Waals surface area contributed by atoms with Crippen LogP contribution in [0.4, 0.5) is 10.2 Å². The number of aliphatic hydroxyl groups excluding tert-OH is 1. The fourth-order valence-electron chi connectivity index (χ4n) is 4.54. The second-order valence-electron chi connectivity index (χ2n) is 8.68. The molecule has 6 rings (SSSR count). The van der Waals surface area contributed by atoms with Crippen LogP contribution in [0.2, 0.25) is 0 Å². The molecule has 0 radical (unpaired) electrons. The van der Waals surface area contributed by atoms with E-state index in [1.807, 2.05) is 6.92 Å². The number of aryl methyl sites for hydroxylation is 1. The summed E-state index contributed by atoms with van der Waals surface area (Å²) >= 11 is 1.39. The lowest BCUT2D eigenvalue weighted by molar-refractivity contribution is -0.0482. The number of anilines is 1. The van der Waals surface area contributed by atoms with Gasteiger partial charge in [-0.1, -0.05) is 0 Å². The van der Waals surface area contributed by atoms with E-state index in [2.05, 4.69) is 19.7 Å². The molecule has 2 aromatic heterocycles. The first-order valence-electron chi connectivity index (χ1n) is 10.2. The van der Waals surface area contributed by atoms with Crippen LogP contribution in [-0.4, -0.2) is 52.8 Å². The van der Waals surface area contributed by atoms with Crippen LogP contribution in [0.15, 0.2) is 29.4 Å². The standard InChI is InChI=1S/C21H22FN5O4S2/c1-11-14(16-5-25-19(23)18(26-16)17-6-24-12(2)32-17)3-13(4-15(11)22)33(29,30)27-20-7-21(8-20,9-28)31-10-20/h3-6,27-28H,7-10H2,1-2H3,(H2,23,25). The minimum Gasteiger partial charge on any atom is -0.393 e. The lowest BCUT2D eigenvalue weighted by atomic mass is 9.69. The zero-order chi connectivity index (χ0) is 23.6. The van der Waals surface area contributed by atoms with E-state index in [-0.39, 0.29) is 29.5 Å². The van der Waals surface area contributed by atoms with Gasteiger partial charge in [-0.25, -0.2) is 32.5 Å². The summed E-state index contributed by atoms with van der Waals surface area (Å²) in [5, 5.41) is 10.3. The highest BCUT2D eigenvalue weighted by Gasteiger charge is 2.63. The first kappa shape index (κ1) is 22.3. The minimum atomic E-state index is -4.07. The molecule has 1 saturated carbocycles. The predicted molar refractivity (Wildman–Crippen MR) is 120 cm³/mol. The van der Waals surface area contributed by atoms with Gasteiger partial charge in [0.05, 0.1) is 51.0 Å². The molecule has 4 N–H and O–H groups in total. The summed E-state index contributed by atoms with van der Waals surface area (Å²) in [4.78, 5) is 13.4. The number of hydrogen-bond acceptors (Lipinski definition) is 9. The zero-order valence-electron chi connectivity index (χ0n) is 17.9. The maximum Gasteiger partial charge on any atom is 0.241 e. The molecule has 1 aliphatic carbocycles. The van der Waals surface area contributed by atoms with Crippen LogP contribution in [0, 0.1) is 19.7 Å². The Kier molecular flexibility index (Phi) is 5.07. The second-order valence-corrected chi connectivity index (χ2v) is 11.6. The maximum atomic E-state index is 14.9. The van der Waals surface area contributed by atoms with Gasteiger partial charge in [0.25, 0.3) is 0 Å². The van der Waals surface area contributed by atoms with E-state index < -0.39 is 27.0 Å². The number of rotatable bonds is 6. The number of fused-ring (bicyclic) bond motifs is 1. The zero-order valence-corrected chi connectivity index (χ0v) is 19.6. The van der Waals surface area contributed by atoms with Gasteiger partial charge in [-0.3, -0.25) is 0 Å². The van der Waals surface area contributed by atoms with Crippen LogP contribution in [0.5, 0.6) is 0 Å². The van der Waals surface area contributed by atoms with Gasteiger partial charge in [-0.2, -0.15) is 0 Å². The highest BCUT2D eigenvalue weighted by Crippen LogP contribution is 2.51. The van der Waals surface area contributed by atoms with Crippen molar-refractivity contribution >= 4 is 27.2 Å². The summed E-state index contributed by atoms with van der Waals surface area (Å²) in [6, 6.07) is 2.37. The number of halogens is 1. The van der Waals surface area contributed by atoms with Gasteiger partial charge < -0.3 is 15.6 Å². The topological polar surface area (TPSA) is 140 Å². The Hall–Kier alpha value is -2.51. The van der Waals surface area contributed by atoms with Crippen LogP contribution in [0.25, 0.3) is 21.8 Å². The van der Waals surface area contributed by atoms with Crippen LogP contribution in [0.1, 0.15) is 23.4 Å². The molecule has 1 aromatic carbocycles. The minimum absolute atomic E-state index is 0.162. The van der Waals surface area contributed by atoms with Crippen molar-refractivity contribution in [2.24, 2.45) is 0 Å². The van der Waals surface area contributed by atoms with Crippen LogP contribution < -0.4 is 10.5 Å². The van der Waals surface area contributed by atoms with Crippen molar-refractivity contribution in [3.63, 3.8) is 0 Å². The molecule has 33 heavy (non-hydrogen) atoms. The van der Waals surface area contributed by atoms with Crippen LogP contribution >= 0.6 is 11.3 Å². The third-order valence-corrected chi connectivity index (χ3v) is 8.65. The van der Waals surface area contributed by atoms with Crippen molar-refractivity contribution in [3.8, 4) is 21.8 Å². The average molecular weight is 492 g/mol. The molecule has 174 valence electrons.